The summed E-state index contributed by atoms with van der Waals surface area (Å²) in [6, 6.07) is 19.7. The summed E-state index contributed by atoms with van der Waals surface area (Å²) in [6.07, 6.45) is 0. The molecule has 9 heteroatoms. The van der Waals surface area contributed by atoms with Crippen molar-refractivity contribution < 1.29 is 39.7 Å². The molecule has 0 spiro atoms. The molecule has 0 aliphatic carbocycles. The molecular weight excluding hydrogens is 604 g/mol. The number of hydrogen-bond acceptors (Lipinski definition) is 6. The van der Waals surface area contributed by atoms with Gasteiger partial charge in [-0.2, -0.15) is 0 Å². The summed E-state index contributed by atoms with van der Waals surface area (Å²) in [6.45, 7) is 20.7. The standard InChI is InChI=1S/C25H21ClO6.2C6H15N/c26-16-11-9-15(10-12-16)23(19-13-31-21-7-3-1-5-17(21)24(19,27)28)20-14-32-22-8-4-2-6-18(22)25(20,29)30;2*1-4-7(5-2)6-3/h1-12,19-20,23,27,29H,13-14H2;2*4-6H2,1-3H3/q-2;;/p+2. The van der Waals surface area contributed by atoms with Gasteiger partial charge in [0.05, 0.1) is 52.5 Å². The Morgan fingerprint density at radius 3 is 1.33 bits per heavy atom. The van der Waals surface area contributed by atoms with Gasteiger partial charge in [0.15, 0.2) is 0 Å². The first-order valence-electron chi connectivity index (χ1n) is 16.7. The van der Waals surface area contributed by atoms with Crippen molar-refractivity contribution in [3.05, 3.63) is 94.5 Å². The number of nitrogens with one attached hydrogen (secondary N) is 2. The highest BCUT2D eigenvalue weighted by Gasteiger charge is 2.48. The van der Waals surface area contributed by atoms with Crippen LogP contribution in [-0.4, -0.2) is 62.7 Å². The van der Waals surface area contributed by atoms with Gasteiger partial charge in [0, 0.05) is 39.6 Å². The summed E-state index contributed by atoms with van der Waals surface area (Å²) in [4.78, 5) is 3.36. The average molecular weight is 657 g/mol. The quantitative estimate of drug-likeness (QED) is 0.261. The highest BCUT2D eigenvalue weighted by Crippen LogP contribution is 2.51. The Morgan fingerprint density at radius 1 is 0.652 bits per heavy atom. The molecule has 2 heterocycles. The van der Waals surface area contributed by atoms with Crippen LogP contribution >= 0.6 is 11.6 Å². The van der Waals surface area contributed by atoms with Crippen LogP contribution in [0.1, 0.15) is 64.2 Å². The van der Waals surface area contributed by atoms with E-state index in [1.165, 1.54) is 51.4 Å². The highest BCUT2D eigenvalue weighted by atomic mass is 35.5. The molecule has 8 nitrogen and oxygen atoms in total. The first kappa shape index (κ1) is 37.8. The molecule has 254 valence electrons. The maximum atomic E-state index is 13.7. The molecule has 0 saturated carbocycles. The Hall–Kier alpha value is -2.69. The van der Waals surface area contributed by atoms with E-state index in [1.54, 1.807) is 70.5 Å². The monoisotopic (exact) mass is 656 g/mol. The molecule has 3 aromatic rings. The van der Waals surface area contributed by atoms with Gasteiger partial charge in [0.2, 0.25) is 0 Å². The van der Waals surface area contributed by atoms with E-state index in [4.69, 9.17) is 21.1 Å². The minimum atomic E-state index is -2.55. The zero-order valence-corrected chi connectivity index (χ0v) is 29.0. The Kier molecular flexibility index (Phi) is 14.3. The molecule has 0 fully saturated rings. The van der Waals surface area contributed by atoms with Crippen molar-refractivity contribution in [3.63, 3.8) is 0 Å². The van der Waals surface area contributed by atoms with E-state index in [0.29, 0.717) is 22.1 Å². The SMILES string of the molecule is CC[NH+](CC)CC.CC[NH+](CC)CC.[O-]C1(O)c2ccccc2OCC1C(c1ccc(Cl)cc1)C1COc2ccccc2C1([O-])O. The van der Waals surface area contributed by atoms with Gasteiger partial charge in [-0.25, -0.2) is 0 Å². The van der Waals surface area contributed by atoms with Crippen molar-refractivity contribution in [2.45, 2.75) is 59.0 Å². The number of aliphatic hydroxyl groups is 2. The lowest BCUT2D eigenvalue weighted by molar-refractivity contribution is -0.894. The molecule has 0 amide bonds. The second-order valence-corrected chi connectivity index (χ2v) is 12.4. The molecule has 0 aromatic heterocycles. The van der Waals surface area contributed by atoms with Crippen LogP contribution < -0.4 is 29.5 Å². The molecule has 4 N–H and O–H groups in total. The number of halogens is 1. The number of ether oxygens (including phenoxy) is 2. The molecule has 5 rings (SSSR count). The molecule has 0 bridgehead atoms. The van der Waals surface area contributed by atoms with Gasteiger partial charge in [0.1, 0.15) is 11.5 Å². The van der Waals surface area contributed by atoms with Crippen LogP contribution in [-0.2, 0) is 11.6 Å². The number of benzene rings is 3. The van der Waals surface area contributed by atoms with Crippen LogP contribution in [0.5, 0.6) is 11.5 Å². The van der Waals surface area contributed by atoms with Crippen LogP contribution in [0.25, 0.3) is 0 Å². The third-order valence-corrected chi connectivity index (χ3v) is 9.76. The van der Waals surface area contributed by atoms with Gasteiger partial charge >= 0.3 is 0 Å². The van der Waals surface area contributed by atoms with E-state index in [0.717, 1.165) is 0 Å². The molecule has 2 aliphatic heterocycles. The summed E-state index contributed by atoms with van der Waals surface area (Å²) in [7, 11) is 0. The molecule has 3 aromatic carbocycles. The van der Waals surface area contributed by atoms with E-state index >= 15 is 0 Å². The Morgan fingerprint density at radius 2 is 1.00 bits per heavy atom. The average Bonchev–Trinajstić information content (AvgIpc) is 3.06. The topological polar surface area (TPSA) is 114 Å². The van der Waals surface area contributed by atoms with Gasteiger partial charge in [-0.15, -0.1) is 0 Å². The second kappa shape index (κ2) is 17.5. The minimum absolute atomic E-state index is 0.0989. The first-order chi connectivity index (χ1) is 22.0. The normalized spacial score (nSPS) is 23.8. The maximum absolute atomic E-state index is 13.7. The van der Waals surface area contributed by atoms with Crippen LogP contribution in [0, 0.1) is 11.8 Å². The molecule has 2 aliphatic rings. The van der Waals surface area contributed by atoms with Crippen molar-refractivity contribution in [2.24, 2.45) is 11.8 Å². The van der Waals surface area contributed by atoms with Crippen molar-refractivity contribution in [1.82, 2.24) is 0 Å². The number of fused-ring (bicyclic) bond motifs is 2. The van der Waals surface area contributed by atoms with E-state index < -0.39 is 29.3 Å². The predicted molar refractivity (Wildman–Crippen MR) is 178 cm³/mol. The van der Waals surface area contributed by atoms with Crippen LogP contribution in [0.4, 0.5) is 0 Å². The van der Waals surface area contributed by atoms with Crippen molar-refractivity contribution in [3.8, 4) is 11.5 Å². The molecule has 4 unspecified atom stereocenters. The van der Waals surface area contributed by atoms with Gasteiger partial charge in [-0.3, -0.25) is 0 Å². The summed E-state index contributed by atoms with van der Waals surface area (Å²) in [5, 5.41) is 50.2. The lowest BCUT2D eigenvalue weighted by atomic mass is 9.67. The minimum Gasteiger partial charge on any atom is -0.825 e. The fourth-order valence-corrected chi connectivity index (χ4v) is 6.51. The molecule has 0 radical (unpaired) electrons. The fourth-order valence-electron chi connectivity index (χ4n) is 6.39. The maximum Gasteiger partial charge on any atom is 0.123 e. The Bertz CT molecular complexity index is 1240. The number of hydrogen-bond donors (Lipinski definition) is 4. The predicted octanol–water partition coefficient (Wildman–Crippen LogP) is 1.71. The molecule has 0 saturated heterocycles. The summed E-state index contributed by atoms with van der Waals surface area (Å²) >= 11 is 6.06. The largest absolute Gasteiger partial charge is 0.825 e. The van der Waals surface area contributed by atoms with E-state index in [1.807, 2.05) is 0 Å². The number of para-hydroxylation sites is 2. The summed E-state index contributed by atoms with van der Waals surface area (Å²) in [5.74, 6) is -7.51. The van der Waals surface area contributed by atoms with Gasteiger partial charge in [-0.05, 0) is 77.3 Å². The number of rotatable bonds is 9. The highest BCUT2D eigenvalue weighted by molar-refractivity contribution is 6.30. The van der Waals surface area contributed by atoms with E-state index in [2.05, 4.69) is 41.5 Å². The van der Waals surface area contributed by atoms with Gasteiger partial charge < -0.3 is 39.7 Å². The molecule has 46 heavy (non-hydrogen) atoms. The van der Waals surface area contributed by atoms with Crippen molar-refractivity contribution in [1.29, 1.82) is 0 Å². The smallest absolute Gasteiger partial charge is 0.123 e. The molecule has 4 atom stereocenters. The lowest BCUT2D eigenvalue weighted by Crippen LogP contribution is -3.11. The van der Waals surface area contributed by atoms with Crippen LogP contribution in [0.3, 0.4) is 0 Å². The zero-order chi connectivity index (χ0) is 33.9. The van der Waals surface area contributed by atoms with E-state index in [-0.39, 0.29) is 24.3 Å². The van der Waals surface area contributed by atoms with Gasteiger partial charge in [0.25, 0.3) is 0 Å². The third kappa shape index (κ3) is 8.81. The van der Waals surface area contributed by atoms with Crippen LogP contribution in [0.2, 0.25) is 5.02 Å². The summed E-state index contributed by atoms with van der Waals surface area (Å²) < 4.78 is 11.6. The lowest BCUT2D eigenvalue weighted by Gasteiger charge is -2.56. The fraction of sp³-hybridized carbons (Fsp3) is 0.514. The van der Waals surface area contributed by atoms with Crippen molar-refractivity contribution in [2.75, 3.05) is 52.5 Å². The van der Waals surface area contributed by atoms with Crippen LogP contribution in [0.15, 0.2) is 72.8 Å². The zero-order valence-electron chi connectivity index (χ0n) is 28.2. The van der Waals surface area contributed by atoms with Gasteiger partial charge in [-0.1, -0.05) is 60.1 Å². The van der Waals surface area contributed by atoms with Crippen molar-refractivity contribution >= 4 is 11.6 Å². The summed E-state index contributed by atoms with van der Waals surface area (Å²) in [5.41, 5.74) is 0.780. The van der Waals surface area contributed by atoms with E-state index in [9.17, 15) is 20.4 Å². The molecular formula is C37H53ClN2O6. The number of quaternary nitrogens is 2. The first-order valence-corrected chi connectivity index (χ1v) is 17.1. The third-order valence-electron chi connectivity index (χ3n) is 9.51. The Balaban J connectivity index is 0.000000345. The Labute approximate surface area is 280 Å². The second-order valence-electron chi connectivity index (χ2n) is 11.9.